The highest BCUT2D eigenvalue weighted by atomic mass is 16.3. The second-order valence-corrected chi connectivity index (χ2v) is 8.76. The van der Waals surface area contributed by atoms with Crippen molar-refractivity contribution in [2.24, 2.45) is 23.2 Å². The van der Waals surface area contributed by atoms with Gasteiger partial charge in [-0.1, -0.05) is 24.6 Å². The molecule has 3 N–H and O–H groups in total. The zero-order valence-corrected chi connectivity index (χ0v) is 14.9. The average Bonchev–Trinajstić information content (AvgIpc) is 2.60. The number of allylic oxidation sites excluding steroid dienone is 2. The molecule has 134 valence electrons. The highest BCUT2D eigenvalue weighted by Crippen LogP contribution is 2.56. The summed E-state index contributed by atoms with van der Waals surface area (Å²) in [6.45, 7) is 5.98. The summed E-state index contributed by atoms with van der Waals surface area (Å²) >= 11 is 0. The predicted octanol–water partition coefficient (Wildman–Crippen LogP) is 2.38. The van der Waals surface area contributed by atoms with Crippen molar-refractivity contribution in [3.63, 3.8) is 0 Å². The van der Waals surface area contributed by atoms with Gasteiger partial charge in [0.25, 0.3) is 0 Å². The van der Waals surface area contributed by atoms with Crippen LogP contribution in [-0.2, 0) is 4.79 Å². The topological polar surface area (TPSA) is 77.8 Å². The summed E-state index contributed by atoms with van der Waals surface area (Å²) in [6, 6.07) is 0. The van der Waals surface area contributed by atoms with Crippen molar-refractivity contribution in [3.8, 4) is 0 Å². The Balaban J connectivity index is 2.06. The van der Waals surface area contributed by atoms with Gasteiger partial charge in [0.2, 0.25) is 0 Å². The van der Waals surface area contributed by atoms with E-state index in [4.69, 9.17) is 0 Å². The van der Waals surface area contributed by atoms with Gasteiger partial charge in [-0.25, -0.2) is 0 Å². The number of aliphatic hydroxyl groups excluding tert-OH is 2. The van der Waals surface area contributed by atoms with Gasteiger partial charge in [-0.2, -0.15) is 0 Å². The Morgan fingerprint density at radius 1 is 1.25 bits per heavy atom. The van der Waals surface area contributed by atoms with Gasteiger partial charge in [-0.3, -0.25) is 4.79 Å². The van der Waals surface area contributed by atoms with Crippen LogP contribution in [0.4, 0.5) is 0 Å². The number of aliphatic hydroxyl groups is 3. The molecule has 7 atom stereocenters. The highest BCUT2D eigenvalue weighted by Gasteiger charge is 2.58. The largest absolute Gasteiger partial charge is 0.393 e. The molecule has 0 amide bonds. The molecule has 3 rings (SSSR count). The van der Waals surface area contributed by atoms with Crippen LogP contribution in [0.2, 0.25) is 0 Å². The minimum atomic E-state index is -1.02. The Morgan fingerprint density at radius 2 is 1.96 bits per heavy atom. The molecule has 0 heterocycles. The second kappa shape index (κ2) is 6.08. The third-order valence-electron chi connectivity index (χ3n) is 6.68. The molecule has 0 spiro atoms. The number of hydrogen-bond acceptors (Lipinski definition) is 4. The SMILES string of the molecule is CC(C)=CC1C=C(C=O)C2CCC3(C)CC(O)(CCC3O)C2C1O. The molecule has 0 saturated heterocycles. The van der Waals surface area contributed by atoms with E-state index in [2.05, 4.69) is 0 Å². The van der Waals surface area contributed by atoms with Crippen LogP contribution in [0.1, 0.15) is 52.9 Å². The molecule has 0 aliphatic heterocycles. The maximum absolute atomic E-state index is 11.7. The zero-order valence-electron chi connectivity index (χ0n) is 14.9. The summed E-state index contributed by atoms with van der Waals surface area (Å²) in [6.07, 6.45) is 6.65. The first-order chi connectivity index (χ1) is 11.2. The van der Waals surface area contributed by atoms with Gasteiger partial charge < -0.3 is 15.3 Å². The lowest BCUT2D eigenvalue weighted by Gasteiger charge is -2.51. The lowest BCUT2D eigenvalue weighted by Crippen LogP contribution is -2.56. The van der Waals surface area contributed by atoms with Crippen LogP contribution < -0.4 is 0 Å². The van der Waals surface area contributed by atoms with Crippen LogP contribution in [0.15, 0.2) is 23.3 Å². The Hall–Kier alpha value is -0.970. The number of rotatable bonds is 2. The third-order valence-corrected chi connectivity index (χ3v) is 6.68. The van der Waals surface area contributed by atoms with Gasteiger partial charge in [0, 0.05) is 11.8 Å². The normalized spacial score (nSPS) is 47.9. The van der Waals surface area contributed by atoms with Gasteiger partial charge in [0.05, 0.1) is 17.8 Å². The summed E-state index contributed by atoms with van der Waals surface area (Å²) in [5, 5.41) is 33.0. The van der Waals surface area contributed by atoms with Crippen LogP contribution >= 0.6 is 0 Å². The first kappa shape index (κ1) is 17.8. The molecule has 3 aliphatic rings. The highest BCUT2D eigenvalue weighted by molar-refractivity contribution is 5.75. The van der Waals surface area contributed by atoms with E-state index >= 15 is 0 Å². The van der Waals surface area contributed by atoms with Crippen molar-refractivity contribution in [1.29, 1.82) is 0 Å². The molecule has 2 bridgehead atoms. The van der Waals surface area contributed by atoms with E-state index in [9.17, 15) is 20.1 Å². The maximum atomic E-state index is 11.7. The smallest absolute Gasteiger partial charge is 0.146 e. The number of aldehydes is 1. The minimum Gasteiger partial charge on any atom is -0.393 e. The molecular formula is C20H30O4. The number of carbonyl (C=O) groups excluding carboxylic acids is 1. The van der Waals surface area contributed by atoms with Gasteiger partial charge in [-0.05, 0) is 62.9 Å². The van der Waals surface area contributed by atoms with Crippen LogP contribution in [0.5, 0.6) is 0 Å². The zero-order chi connectivity index (χ0) is 17.7. The number of hydrogen-bond donors (Lipinski definition) is 3. The van der Waals surface area contributed by atoms with Crippen LogP contribution in [0.25, 0.3) is 0 Å². The fraction of sp³-hybridized carbons (Fsp3) is 0.750. The van der Waals surface area contributed by atoms with E-state index < -0.39 is 17.8 Å². The van der Waals surface area contributed by atoms with Crippen molar-refractivity contribution in [2.45, 2.75) is 70.7 Å². The van der Waals surface area contributed by atoms with Crippen molar-refractivity contribution in [1.82, 2.24) is 0 Å². The standard InChI is InChI=1S/C20H30O4/c1-12(2)8-13-9-14(10-21)15-4-6-19(3)11-20(24,7-5-16(19)22)17(15)18(13)23/h8-10,13,15-18,22-24H,4-7,11H2,1-3H3. The van der Waals surface area contributed by atoms with Gasteiger partial charge in [0.1, 0.15) is 6.29 Å². The average molecular weight is 334 g/mol. The predicted molar refractivity (Wildman–Crippen MR) is 92.2 cm³/mol. The number of fused-ring (bicyclic) bond motifs is 4. The quantitative estimate of drug-likeness (QED) is 0.535. The molecule has 2 saturated carbocycles. The maximum Gasteiger partial charge on any atom is 0.146 e. The molecule has 0 radical (unpaired) electrons. The molecule has 0 aromatic heterocycles. The van der Waals surface area contributed by atoms with E-state index in [1.54, 1.807) is 0 Å². The first-order valence-corrected chi connectivity index (χ1v) is 9.11. The molecule has 3 aliphatic carbocycles. The van der Waals surface area contributed by atoms with E-state index in [-0.39, 0.29) is 23.2 Å². The summed E-state index contributed by atoms with van der Waals surface area (Å²) in [5.41, 5.74) is 0.421. The Kier molecular flexibility index (Phi) is 4.52. The first-order valence-electron chi connectivity index (χ1n) is 9.11. The number of carbonyl (C=O) groups is 1. The molecule has 4 nitrogen and oxygen atoms in total. The van der Waals surface area contributed by atoms with Gasteiger partial charge >= 0.3 is 0 Å². The second-order valence-electron chi connectivity index (χ2n) is 8.76. The van der Waals surface area contributed by atoms with Crippen LogP contribution in [0, 0.1) is 23.2 Å². The lowest BCUT2D eigenvalue weighted by molar-refractivity contribution is -0.155. The molecule has 0 aromatic carbocycles. The van der Waals surface area contributed by atoms with Crippen LogP contribution in [0.3, 0.4) is 0 Å². The Morgan fingerprint density at radius 3 is 2.58 bits per heavy atom. The van der Waals surface area contributed by atoms with Gasteiger partial charge in [-0.15, -0.1) is 0 Å². The van der Waals surface area contributed by atoms with E-state index in [1.807, 2.05) is 32.9 Å². The van der Waals surface area contributed by atoms with Gasteiger partial charge in [0.15, 0.2) is 0 Å². The summed E-state index contributed by atoms with van der Waals surface area (Å²) < 4.78 is 0. The van der Waals surface area contributed by atoms with E-state index in [1.165, 1.54) is 0 Å². The van der Waals surface area contributed by atoms with Crippen molar-refractivity contribution >= 4 is 6.29 Å². The van der Waals surface area contributed by atoms with Crippen LogP contribution in [-0.4, -0.2) is 39.4 Å². The van der Waals surface area contributed by atoms with Crippen molar-refractivity contribution in [3.05, 3.63) is 23.3 Å². The minimum absolute atomic E-state index is 0.128. The van der Waals surface area contributed by atoms with Crippen molar-refractivity contribution < 1.29 is 20.1 Å². The molecule has 7 unspecified atom stereocenters. The summed E-state index contributed by atoms with van der Waals surface area (Å²) in [5.74, 6) is -0.717. The fourth-order valence-corrected chi connectivity index (χ4v) is 5.49. The Labute approximate surface area is 144 Å². The molecule has 24 heavy (non-hydrogen) atoms. The van der Waals surface area contributed by atoms with E-state index in [0.29, 0.717) is 24.8 Å². The summed E-state index contributed by atoms with van der Waals surface area (Å²) in [7, 11) is 0. The molecular weight excluding hydrogens is 304 g/mol. The third kappa shape index (κ3) is 2.79. The molecule has 2 fully saturated rings. The van der Waals surface area contributed by atoms with E-state index in [0.717, 1.165) is 24.7 Å². The monoisotopic (exact) mass is 334 g/mol. The Bertz CT molecular complexity index is 576. The molecule has 4 heteroatoms. The van der Waals surface area contributed by atoms with Crippen molar-refractivity contribution in [2.75, 3.05) is 0 Å². The lowest BCUT2D eigenvalue weighted by atomic mass is 9.59. The fourth-order valence-electron chi connectivity index (χ4n) is 5.49. The molecule has 0 aromatic rings. The summed E-state index contributed by atoms with van der Waals surface area (Å²) in [4.78, 5) is 11.7.